The number of methoxy groups -OCH3 is 1. The van der Waals surface area contributed by atoms with Gasteiger partial charge in [-0.2, -0.15) is 0 Å². The molecule has 152 valence electrons. The summed E-state index contributed by atoms with van der Waals surface area (Å²) >= 11 is 0. The first kappa shape index (κ1) is 19.4. The molecule has 7 heteroatoms. The molecule has 0 spiro atoms. The van der Waals surface area contributed by atoms with Gasteiger partial charge < -0.3 is 15.4 Å². The molecule has 1 aliphatic heterocycles. The normalized spacial score (nSPS) is 16.1. The molecule has 1 fully saturated rings. The SMILES string of the molecule is COc1ccc(NC(C)=O)cc1N[C@@H]1CC(=O)N(c2cccc3ccccc23)C1=O. The number of nitrogens with one attached hydrogen (secondary N) is 2. The van der Waals surface area contributed by atoms with E-state index in [4.69, 9.17) is 4.74 Å². The number of fused-ring (bicyclic) bond motifs is 1. The van der Waals surface area contributed by atoms with Crippen LogP contribution in [0.1, 0.15) is 13.3 Å². The number of benzene rings is 3. The molecule has 0 bridgehead atoms. The summed E-state index contributed by atoms with van der Waals surface area (Å²) in [5, 5.41) is 7.61. The van der Waals surface area contributed by atoms with E-state index >= 15 is 0 Å². The Bertz CT molecular complexity index is 1150. The minimum Gasteiger partial charge on any atom is -0.495 e. The van der Waals surface area contributed by atoms with Crippen molar-refractivity contribution in [1.82, 2.24) is 0 Å². The van der Waals surface area contributed by atoms with E-state index in [2.05, 4.69) is 10.6 Å². The highest BCUT2D eigenvalue weighted by Crippen LogP contribution is 2.34. The molecular formula is C23H21N3O4. The van der Waals surface area contributed by atoms with Gasteiger partial charge in [0, 0.05) is 18.0 Å². The van der Waals surface area contributed by atoms with Gasteiger partial charge in [-0.3, -0.25) is 14.4 Å². The molecule has 4 rings (SSSR count). The van der Waals surface area contributed by atoms with Crippen molar-refractivity contribution >= 4 is 45.6 Å². The van der Waals surface area contributed by atoms with Crippen LogP contribution in [0.25, 0.3) is 10.8 Å². The van der Waals surface area contributed by atoms with Gasteiger partial charge in [0.1, 0.15) is 11.8 Å². The zero-order valence-corrected chi connectivity index (χ0v) is 16.6. The summed E-state index contributed by atoms with van der Waals surface area (Å²) in [7, 11) is 1.52. The molecule has 1 heterocycles. The molecule has 1 saturated heterocycles. The molecule has 7 nitrogen and oxygen atoms in total. The highest BCUT2D eigenvalue weighted by Gasteiger charge is 2.40. The van der Waals surface area contributed by atoms with Gasteiger partial charge in [-0.15, -0.1) is 0 Å². The Kier molecular flexibility index (Phi) is 5.10. The van der Waals surface area contributed by atoms with Crippen LogP contribution in [0.2, 0.25) is 0 Å². The van der Waals surface area contributed by atoms with Gasteiger partial charge in [0.05, 0.1) is 24.9 Å². The van der Waals surface area contributed by atoms with Gasteiger partial charge in [-0.05, 0) is 29.7 Å². The van der Waals surface area contributed by atoms with Crippen molar-refractivity contribution in [2.75, 3.05) is 22.6 Å². The number of nitrogens with zero attached hydrogens (tertiary/aromatic N) is 1. The molecule has 3 aromatic carbocycles. The minimum atomic E-state index is -0.738. The fourth-order valence-corrected chi connectivity index (χ4v) is 3.69. The fourth-order valence-electron chi connectivity index (χ4n) is 3.69. The third-order valence-electron chi connectivity index (χ3n) is 5.00. The molecule has 2 N–H and O–H groups in total. The Balaban J connectivity index is 1.64. The van der Waals surface area contributed by atoms with Crippen LogP contribution in [0.4, 0.5) is 17.1 Å². The van der Waals surface area contributed by atoms with E-state index < -0.39 is 6.04 Å². The molecule has 3 aromatic rings. The van der Waals surface area contributed by atoms with Crippen LogP contribution in [-0.4, -0.2) is 30.9 Å². The van der Waals surface area contributed by atoms with Crippen molar-refractivity contribution in [1.29, 1.82) is 0 Å². The smallest absolute Gasteiger partial charge is 0.256 e. The van der Waals surface area contributed by atoms with E-state index in [1.165, 1.54) is 18.9 Å². The summed E-state index contributed by atoms with van der Waals surface area (Å²) in [6.07, 6.45) is 0.0234. The number of rotatable bonds is 5. The summed E-state index contributed by atoms with van der Waals surface area (Å²) in [5.41, 5.74) is 1.66. The fraction of sp³-hybridized carbons (Fsp3) is 0.174. The molecule has 0 aromatic heterocycles. The number of ether oxygens (including phenoxy) is 1. The summed E-state index contributed by atoms with van der Waals surface area (Å²) < 4.78 is 5.36. The quantitative estimate of drug-likeness (QED) is 0.636. The summed E-state index contributed by atoms with van der Waals surface area (Å²) in [5.74, 6) is -0.303. The third kappa shape index (κ3) is 3.57. The molecule has 0 aliphatic carbocycles. The first-order valence-electron chi connectivity index (χ1n) is 9.54. The lowest BCUT2D eigenvalue weighted by Crippen LogP contribution is -2.35. The zero-order chi connectivity index (χ0) is 21.3. The van der Waals surface area contributed by atoms with Crippen LogP contribution in [-0.2, 0) is 14.4 Å². The number of hydrogen-bond acceptors (Lipinski definition) is 5. The second kappa shape index (κ2) is 7.87. The number of imide groups is 1. The van der Waals surface area contributed by atoms with Crippen LogP contribution in [0.3, 0.4) is 0 Å². The maximum Gasteiger partial charge on any atom is 0.256 e. The largest absolute Gasteiger partial charge is 0.495 e. The van der Waals surface area contributed by atoms with Crippen LogP contribution >= 0.6 is 0 Å². The van der Waals surface area contributed by atoms with Crippen molar-refractivity contribution in [2.24, 2.45) is 0 Å². The number of hydrogen-bond donors (Lipinski definition) is 2. The average Bonchev–Trinajstić information content (AvgIpc) is 3.00. The lowest BCUT2D eigenvalue weighted by Gasteiger charge is -2.19. The maximum absolute atomic E-state index is 13.2. The molecule has 0 radical (unpaired) electrons. The van der Waals surface area contributed by atoms with Gasteiger partial charge in [0.25, 0.3) is 5.91 Å². The van der Waals surface area contributed by atoms with E-state index in [-0.39, 0.29) is 24.1 Å². The van der Waals surface area contributed by atoms with E-state index in [1.807, 2.05) is 36.4 Å². The van der Waals surface area contributed by atoms with Crippen LogP contribution in [0.5, 0.6) is 5.75 Å². The highest BCUT2D eigenvalue weighted by atomic mass is 16.5. The number of carbonyl (C=O) groups is 3. The predicted molar refractivity (Wildman–Crippen MR) is 116 cm³/mol. The highest BCUT2D eigenvalue weighted by molar-refractivity contribution is 6.26. The Morgan fingerprint density at radius 2 is 1.83 bits per heavy atom. The monoisotopic (exact) mass is 403 g/mol. The minimum absolute atomic E-state index is 0.0234. The molecular weight excluding hydrogens is 382 g/mol. The van der Waals surface area contributed by atoms with Gasteiger partial charge >= 0.3 is 0 Å². The van der Waals surface area contributed by atoms with Crippen molar-refractivity contribution in [2.45, 2.75) is 19.4 Å². The standard InChI is InChI=1S/C23H21N3O4/c1-14(27)24-16-10-11-21(30-2)18(12-16)25-19-13-22(28)26(23(19)29)20-9-5-7-15-6-3-4-8-17(15)20/h3-12,19,25H,13H2,1-2H3,(H,24,27)/t19-/m1/s1. The Hall–Kier alpha value is -3.87. The maximum atomic E-state index is 13.2. The van der Waals surface area contributed by atoms with Gasteiger partial charge in [-0.25, -0.2) is 4.90 Å². The van der Waals surface area contributed by atoms with E-state index in [0.717, 1.165) is 10.8 Å². The molecule has 0 saturated carbocycles. The molecule has 1 aliphatic rings. The number of anilines is 3. The van der Waals surface area contributed by atoms with Gasteiger partial charge in [0.2, 0.25) is 11.8 Å². The van der Waals surface area contributed by atoms with Gasteiger partial charge in [0.15, 0.2) is 0 Å². The van der Waals surface area contributed by atoms with E-state index in [0.29, 0.717) is 22.8 Å². The first-order valence-corrected chi connectivity index (χ1v) is 9.54. The number of carbonyl (C=O) groups excluding carboxylic acids is 3. The van der Waals surface area contributed by atoms with Crippen molar-refractivity contribution in [3.8, 4) is 5.75 Å². The summed E-state index contributed by atoms with van der Waals surface area (Å²) in [6.45, 7) is 1.42. The van der Waals surface area contributed by atoms with Crippen molar-refractivity contribution in [3.63, 3.8) is 0 Å². The summed E-state index contributed by atoms with van der Waals surface area (Å²) in [6, 6.07) is 17.5. The van der Waals surface area contributed by atoms with Crippen molar-refractivity contribution in [3.05, 3.63) is 60.7 Å². The van der Waals surface area contributed by atoms with E-state index in [9.17, 15) is 14.4 Å². The summed E-state index contributed by atoms with van der Waals surface area (Å²) in [4.78, 5) is 38.5. The van der Waals surface area contributed by atoms with Gasteiger partial charge in [-0.1, -0.05) is 36.4 Å². The Morgan fingerprint density at radius 3 is 2.60 bits per heavy atom. The molecule has 30 heavy (non-hydrogen) atoms. The third-order valence-corrected chi connectivity index (χ3v) is 5.00. The lowest BCUT2D eigenvalue weighted by atomic mass is 10.1. The first-order chi connectivity index (χ1) is 14.5. The Labute approximate surface area is 173 Å². The molecule has 1 atom stereocenters. The predicted octanol–water partition coefficient (Wildman–Crippen LogP) is 3.55. The van der Waals surface area contributed by atoms with Crippen LogP contribution < -0.4 is 20.3 Å². The molecule has 0 unspecified atom stereocenters. The van der Waals surface area contributed by atoms with Crippen LogP contribution in [0, 0.1) is 0 Å². The lowest BCUT2D eigenvalue weighted by molar-refractivity contribution is -0.121. The number of amides is 3. The second-order valence-electron chi connectivity index (χ2n) is 7.06. The van der Waals surface area contributed by atoms with Crippen molar-refractivity contribution < 1.29 is 19.1 Å². The second-order valence-corrected chi connectivity index (χ2v) is 7.06. The zero-order valence-electron chi connectivity index (χ0n) is 16.6. The van der Waals surface area contributed by atoms with Crippen LogP contribution in [0.15, 0.2) is 60.7 Å². The van der Waals surface area contributed by atoms with E-state index in [1.54, 1.807) is 24.3 Å². The topological polar surface area (TPSA) is 87.7 Å². The molecule has 3 amide bonds. The average molecular weight is 403 g/mol. The Morgan fingerprint density at radius 1 is 1.07 bits per heavy atom.